The Morgan fingerprint density at radius 2 is 1.78 bits per heavy atom. The van der Waals surface area contributed by atoms with Crippen molar-refractivity contribution >= 4 is 23.6 Å². The van der Waals surface area contributed by atoms with Gasteiger partial charge in [-0.2, -0.15) is 11.8 Å². The number of rotatable bonds is 8. The third kappa shape index (κ3) is 7.08. The highest BCUT2D eigenvalue weighted by Gasteiger charge is 2.21. The van der Waals surface area contributed by atoms with Gasteiger partial charge >= 0.3 is 0 Å². The van der Waals surface area contributed by atoms with E-state index in [0.29, 0.717) is 6.54 Å². The second-order valence-electron chi connectivity index (χ2n) is 5.94. The quantitative estimate of drug-likeness (QED) is 0.719. The molecule has 0 heterocycles. The average molecular weight is 334 g/mol. The van der Waals surface area contributed by atoms with Crippen molar-refractivity contribution in [3.63, 3.8) is 0 Å². The summed E-state index contributed by atoms with van der Waals surface area (Å²) in [5.41, 5.74) is 1.29. The minimum Gasteiger partial charge on any atom is -0.354 e. The van der Waals surface area contributed by atoms with Crippen LogP contribution in [0.25, 0.3) is 0 Å². The summed E-state index contributed by atoms with van der Waals surface area (Å²) in [6.45, 7) is 0.730. The van der Waals surface area contributed by atoms with Gasteiger partial charge in [-0.15, -0.1) is 0 Å². The molecule has 1 saturated carbocycles. The maximum Gasteiger partial charge on any atom is 0.239 e. The summed E-state index contributed by atoms with van der Waals surface area (Å²) >= 11 is 1.79. The van der Waals surface area contributed by atoms with E-state index in [1.165, 1.54) is 12.0 Å². The fourth-order valence-electron chi connectivity index (χ4n) is 2.77. The maximum absolute atomic E-state index is 11.9. The highest BCUT2D eigenvalue weighted by Crippen LogP contribution is 2.23. The highest BCUT2D eigenvalue weighted by atomic mass is 32.2. The lowest BCUT2D eigenvalue weighted by atomic mass is 9.89. The topological polar surface area (TPSA) is 58.2 Å². The lowest BCUT2D eigenvalue weighted by molar-refractivity contribution is -0.129. The molecule has 0 radical (unpaired) electrons. The summed E-state index contributed by atoms with van der Waals surface area (Å²) in [6, 6.07) is 10.3. The first-order valence-corrected chi connectivity index (χ1v) is 9.57. The second-order valence-corrected chi connectivity index (χ2v) is 7.05. The maximum atomic E-state index is 11.9. The molecule has 4 nitrogen and oxygen atoms in total. The highest BCUT2D eigenvalue weighted by molar-refractivity contribution is 7.98. The number of hydrogen-bond donors (Lipinski definition) is 2. The first-order valence-electron chi connectivity index (χ1n) is 8.42. The van der Waals surface area contributed by atoms with E-state index < -0.39 is 0 Å². The van der Waals surface area contributed by atoms with E-state index in [1.807, 2.05) is 18.2 Å². The van der Waals surface area contributed by atoms with Crippen molar-refractivity contribution in [2.75, 3.05) is 18.8 Å². The second kappa shape index (κ2) is 10.3. The van der Waals surface area contributed by atoms with Crippen LogP contribution in [0.5, 0.6) is 0 Å². The summed E-state index contributed by atoms with van der Waals surface area (Å²) in [4.78, 5) is 23.7. The molecule has 1 aliphatic carbocycles. The van der Waals surface area contributed by atoms with Gasteiger partial charge in [0.05, 0.1) is 6.54 Å². The Morgan fingerprint density at radius 3 is 2.52 bits per heavy atom. The monoisotopic (exact) mass is 334 g/mol. The molecule has 1 fully saturated rings. The number of nitrogens with one attached hydrogen (secondary N) is 2. The fraction of sp³-hybridized carbons (Fsp3) is 0.556. The molecule has 0 unspecified atom stereocenters. The van der Waals surface area contributed by atoms with Gasteiger partial charge in [0.1, 0.15) is 0 Å². The van der Waals surface area contributed by atoms with Crippen molar-refractivity contribution in [1.29, 1.82) is 0 Å². The number of carbonyl (C=O) groups excluding carboxylic acids is 2. The minimum atomic E-state index is -0.102. The van der Waals surface area contributed by atoms with E-state index >= 15 is 0 Å². The molecule has 0 spiro atoms. The molecule has 2 N–H and O–H groups in total. The molecule has 0 aliphatic heterocycles. The van der Waals surface area contributed by atoms with Crippen LogP contribution in [0, 0.1) is 5.92 Å². The van der Waals surface area contributed by atoms with E-state index in [0.717, 1.165) is 37.2 Å². The van der Waals surface area contributed by atoms with Crippen LogP contribution in [0.4, 0.5) is 0 Å². The lowest BCUT2D eigenvalue weighted by Gasteiger charge is -2.20. The largest absolute Gasteiger partial charge is 0.354 e. The van der Waals surface area contributed by atoms with Gasteiger partial charge in [0, 0.05) is 24.0 Å². The number of benzene rings is 1. The zero-order chi connectivity index (χ0) is 16.3. The van der Waals surface area contributed by atoms with Gasteiger partial charge in [-0.25, -0.2) is 0 Å². The fourth-order valence-corrected chi connectivity index (χ4v) is 3.58. The number of amides is 2. The molecule has 2 rings (SSSR count). The summed E-state index contributed by atoms with van der Waals surface area (Å²) in [5.74, 6) is 1.87. The normalized spacial score (nSPS) is 15.1. The molecule has 0 saturated heterocycles. The van der Waals surface area contributed by atoms with E-state index in [1.54, 1.807) is 11.8 Å². The van der Waals surface area contributed by atoms with Crippen molar-refractivity contribution in [1.82, 2.24) is 10.6 Å². The van der Waals surface area contributed by atoms with Crippen LogP contribution in [-0.4, -0.2) is 30.7 Å². The van der Waals surface area contributed by atoms with E-state index in [4.69, 9.17) is 0 Å². The number of thioether (sulfide) groups is 1. The van der Waals surface area contributed by atoms with E-state index in [9.17, 15) is 9.59 Å². The molecule has 23 heavy (non-hydrogen) atoms. The van der Waals surface area contributed by atoms with Gasteiger partial charge < -0.3 is 10.6 Å². The Balaban J connectivity index is 1.50. The van der Waals surface area contributed by atoms with Gasteiger partial charge in [0.15, 0.2) is 0 Å². The number of carbonyl (C=O) groups is 2. The summed E-state index contributed by atoms with van der Waals surface area (Å²) in [5, 5.41) is 5.61. The van der Waals surface area contributed by atoms with Crippen LogP contribution in [-0.2, 0) is 15.3 Å². The van der Waals surface area contributed by atoms with Gasteiger partial charge in [-0.3, -0.25) is 9.59 Å². The van der Waals surface area contributed by atoms with Crippen LogP contribution in [0.15, 0.2) is 30.3 Å². The third-order valence-electron chi connectivity index (χ3n) is 4.08. The summed E-state index contributed by atoms with van der Waals surface area (Å²) < 4.78 is 0. The minimum absolute atomic E-state index is 0.0401. The van der Waals surface area contributed by atoms with Crippen LogP contribution < -0.4 is 10.6 Å². The summed E-state index contributed by atoms with van der Waals surface area (Å²) in [6.07, 6.45) is 5.41. The van der Waals surface area contributed by atoms with Gasteiger partial charge in [-0.05, 0) is 18.4 Å². The zero-order valence-electron chi connectivity index (χ0n) is 13.6. The molecular formula is C18H26N2O2S. The predicted octanol–water partition coefficient (Wildman–Crippen LogP) is 2.73. The van der Waals surface area contributed by atoms with Crippen molar-refractivity contribution in [3.05, 3.63) is 35.9 Å². The molecule has 0 bridgehead atoms. The molecule has 1 aromatic carbocycles. The molecule has 5 heteroatoms. The molecule has 1 aliphatic rings. The van der Waals surface area contributed by atoms with Crippen LogP contribution in [0.2, 0.25) is 0 Å². The Labute approximate surface area is 142 Å². The van der Waals surface area contributed by atoms with Crippen molar-refractivity contribution in [2.45, 2.75) is 37.9 Å². The SMILES string of the molecule is O=C(CNC(=O)C1CCCCC1)NCCSCc1ccccc1. The molecule has 2 amide bonds. The van der Waals surface area contributed by atoms with Crippen LogP contribution >= 0.6 is 11.8 Å². The first kappa shape index (κ1) is 17.9. The average Bonchev–Trinajstić information content (AvgIpc) is 2.61. The molecule has 126 valence electrons. The van der Waals surface area contributed by atoms with Gasteiger partial charge in [-0.1, -0.05) is 49.6 Å². The van der Waals surface area contributed by atoms with E-state index in [-0.39, 0.29) is 24.3 Å². The smallest absolute Gasteiger partial charge is 0.239 e. The first-order chi connectivity index (χ1) is 11.3. The van der Waals surface area contributed by atoms with Gasteiger partial charge in [0.25, 0.3) is 0 Å². The van der Waals surface area contributed by atoms with E-state index in [2.05, 4.69) is 22.8 Å². The Kier molecular flexibility index (Phi) is 8.01. The number of hydrogen-bond acceptors (Lipinski definition) is 3. The molecule has 0 atom stereocenters. The molecular weight excluding hydrogens is 308 g/mol. The molecule has 0 aromatic heterocycles. The molecule has 1 aromatic rings. The van der Waals surface area contributed by atoms with Crippen LogP contribution in [0.1, 0.15) is 37.7 Å². The van der Waals surface area contributed by atoms with Crippen molar-refractivity contribution in [2.24, 2.45) is 5.92 Å². The standard InChI is InChI=1S/C18H26N2O2S/c21-17(13-20-18(22)16-9-5-2-6-10-16)19-11-12-23-14-15-7-3-1-4-8-15/h1,3-4,7-8,16H,2,5-6,9-14H2,(H,19,21)(H,20,22). The Morgan fingerprint density at radius 1 is 1.04 bits per heavy atom. The van der Waals surface area contributed by atoms with Gasteiger partial charge in [0.2, 0.25) is 11.8 Å². The van der Waals surface area contributed by atoms with Crippen LogP contribution in [0.3, 0.4) is 0 Å². The third-order valence-corrected chi connectivity index (χ3v) is 5.11. The Hall–Kier alpha value is -1.49. The Bertz CT molecular complexity index is 487. The van der Waals surface area contributed by atoms with Crippen molar-refractivity contribution < 1.29 is 9.59 Å². The lowest BCUT2D eigenvalue weighted by Crippen LogP contribution is -2.40. The summed E-state index contributed by atoms with van der Waals surface area (Å²) in [7, 11) is 0. The zero-order valence-corrected chi connectivity index (χ0v) is 14.4. The predicted molar refractivity (Wildman–Crippen MR) is 95.2 cm³/mol. The van der Waals surface area contributed by atoms with Crippen molar-refractivity contribution in [3.8, 4) is 0 Å².